The molecule has 4 nitrogen and oxygen atoms in total. The van der Waals surface area contributed by atoms with Gasteiger partial charge in [-0.15, -0.1) is 0 Å². The molecule has 0 atom stereocenters. The van der Waals surface area contributed by atoms with Crippen LogP contribution < -0.4 is 5.32 Å². The fourth-order valence-electron chi connectivity index (χ4n) is 3.25. The maximum Gasteiger partial charge on any atom is 0.254 e. The van der Waals surface area contributed by atoms with Crippen LogP contribution in [0, 0.1) is 5.92 Å². The van der Waals surface area contributed by atoms with Crippen LogP contribution in [0.3, 0.4) is 0 Å². The van der Waals surface area contributed by atoms with Gasteiger partial charge in [-0.1, -0.05) is 36.4 Å². The molecular formula is C19H22N2O2S. The van der Waals surface area contributed by atoms with Gasteiger partial charge in [-0.05, 0) is 29.7 Å². The van der Waals surface area contributed by atoms with Crippen LogP contribution >= 0.6 is 12.6 Å². The zero-order chi connectivity index (χ0) is 16.9. The monoisotopic (exact) mass is 342 g/mol. The van der Waals surface area contributed by atoms with E-state index in [9.17, 15) is 9.59 Å². The van der Waals surface area contributed by atoms with Crippen LogP contribution in [0.25, 0.3) is 10.8 Å². The highest BCUT2D eigenvalue weighted by molar-refractivity contribution is 7.80. The molecule has 24 heavy (non-hydrogen) atoms. The highest BCUT2D eigenvalue weighted by Crippen LogP contribution is 2.23. The van der Waals surface area contributed by atoms with Crippen LogP contribution in [-0.2, 0) is 4.79 Å². The molecule has 1 saturated heterocycles. The topological polar surface area (TPSA) is 49.4 Å². The van der Waals surface area contributed by atoms with Crippen molar-refractivity contribution in [3.05, 3.63) is 48.0 Å². The van der Waals surface area contributed by atoms with Crippen molar-refractivity contribution in [3.8, 4) is 0 Å². The predicted octanol–water partition coefficient (Wildman–Crippen LogP) is 2.74. The molecule has 3 rings (SSSR count). The number of amides is 2. The molecule has 0 saturated carbocycles. The highest BCUT2D eigenvalue weighted by atomic mass is 32.1. The molecule has 1 N–H and O–H groups in total. The number of nitrogens with one attached hydrogen (secondary N) is 1. The lowest BCUT2D eigenvalue weighted by Crippen LogP contribution is -2.43. The zero-order valence-corrected chi connectivity index (χ0v) is 14.5. The molecule has 1 heterocycles. The summed E-state index contributed by atoms with van der Waals surface area (Å²) in [6, 6.07) is 13.8. The van der Waals surface area contributed by atoms with Gasteiger partial charge in [0.15, 0.2) is 0 Å². The second kappa shape index (κ2) is 7.71. The Balaban J connectivity index is 1.68. The molecule has 1 aliphatic rings. The van der Waals surface area contributed by atoms with Crippen LogP contribution in [0.2, 0.25) is 0 Å². The van der Waals surface area contributed by atoms with E-state index in [2.05, 4.69) is 17.9 Å². The Hall–Kier alpha value is -2.01. The number of thiol groups is 1. The van der Waals surface area contributed by atoms with Gasteiger partial charge in [-0.25, -0.2) is 0 Å². The van der Waals surface area contributed by atoms with Crippen molar-refractivity contribution in [1.82, 2.24) is 10.2 Å². The molecule has 1 aliphatic heterocycles. The Morgan fingerprint density at radius 3 is 2.54 bits per heavy atom. The third-order valence-electron chi connectivity index (χ3n) is 4.58. The Kier molecular flexibility index (Phi) is 5.41. The standard InChI is InChI=1S/C19H22N2O2S/c22-18(20-10-13-24)15-8-11-21(12-9-15)19(23)17-7-3-5-14-4-1-2-6-16(14)17/h1-7,15,24H,8-13H2,(H,20,22). The summed E-state index contributed by atoms with van der Waals surface area (Å²) in [4.78, 5) is 26.8. The second-order valence-electron chi connectivity index (χ2n) is 6.11. The van der Waals surface area contributed by atoms with Crippen molar-refractivity contribution in [3.63, 3.8) is 0 Å². The number of benzene rings is 2. The Morgan fingerprint density at radius 2 is 1.79 bits per heavy atom. The number of carbonyl (C=O) groups excluding carboxylic acids is 2. The molecule has 0 unspecified atom stereocenters. The number of carbonyl (C=O) groups is 2. The molecule has 0 spiro atoms. The lowest BCUT2D eigenvalue weighted by Gasteiger charge is -2.31. The molecule has 0 bridgehead atoms. The first-order valence-corrected chi connectivity index (χ1v) is 8.99. The summed E-state index contributed by atoms with van der Waals surface area (Å²) in [6.07, 6.45) is 1.43. The van der Waals surface area contributed by atoms with E-state index in [0.29, 0.717) is 25.4 Å². The van der Waals surface area contributed by atoms with Gasteiger partial charge in [-0.2, -0.15) is 12.6 Å². The number of hydrogen-bond acceptors (Lipinski definition) is 3. The zero-order valence-electron chi connectivity index (χ0n) is 13.6. The lowest BCUT2D eigenvalue weighted by molar-refractivity contribution is -0.126. The van der Waals surface area contributed by atoms with Crippen molar-refractivity contribution in [2.45, 2.75) is 12.8 Å². The van der Waals surface area contributed by atoms with E-state index in [-0.39, 0.29) is 17.7 Å². The van der Waals surface area contributed by atoms with Crippen LogP contribution in [0.15, 0.2) is 42.5 Å². The highest BCUT2D eigenvalue weighted by Gasteiger charge is 2.28. The summed E-state index contributed by atoms with van der Waals surface area (Å²) >= 11 is 4.10. The van der Waals surface area contributed by atoms with Crippen molar-refractivity contribution < 1.29 is 9.59 Å². The minimum Gasteiger partial charge on any atom is -0.355 e. The molecule has 2 amide bonds. The van der Waals surface area contributed by atoms with E-state index < -0.39 is 0 Å². The van der Waals surface area contributed by atoms with Gasteiger partial charge in [0.25, 0.3) is 5.91 Å². The number of hydrogen-bond donors (Lipinski definition) is 2. The Labute approximate surface area is 147 Å². The molecule has 0 aliphatic carbocycles. The third kappa shape index (κ3) is 3.56. The van der Waals surface area contributed by atoms with Crippen LogP contribution in [0.1, 0.15) is 23.2 Å². The normalized spacial score (nSPS) is 15.5. The van der Waals surface area contributed by atoms with Gasteiger partial charge >= 0.3 is 0 Å². The fourth-order valence-corrected chi connectivity index (χ4v) is 3.36. The fraction of sp³-hybridized carbons (Fsp3) is 0.368. The van der Waals surface area contributed by atoms with E-state index >= 15 is 0 Å². The Morgan fingerprint density at radius 1 is 1.08 bits per heavy atom. The summed E-state index contributed by atoms with van der Waals surface area (Å²) < 4.78 is 0. The maximum absolute atomic E-state index is 12.9. The van der Waals surface area contributed by atoms with Gasteiger partial charge in [0.05, 0.1) is 0 Å². The first kappa shape index (κ1) is 16.8. The lowest BCUT2D eigenvalue weighted by atomic mass is 9.95. The van der Waals surface area contributed by atoms with Crippen molar-refractivity contribution in [2.75, 3.05) is 25.4 Å². The number of nitrogens with zero attached hydrogens (tertiary/aromatic N) is 1. The van der Waals surface area contributed by atoms with Gasteiger partial charge in [0.1, 0.15) is 0 Å². The van der Waals surface area contributed by atoms with E-state index in [0.717, 1.165) is 29.2 Å². The molecule has 5 heteroatoms. The van der Waals surface area contributed by atoms with Crippen LogP contribution in [0.4, 0.5) is 0 Å². The summed E-state index contributed by atoms with van der Waals surface area (Å²) in [7, 11) is 0. The second-order valence-corrected chi connectivity index (χ2v) is 6.56. The average Bonchev–Trinajstić information content (AvgIpc) is 2.65. The molecule has 126 valence electrons. The first-order valence-electron chi connectivity index (χ1n) is 8.36. The predicted molar refractivity (Wildman–Crippen MR) is 99.4 cm³/mol. The van der Waals surface area contributed by atoms with Crippen molar-refractivity contribution in [1.29, 1.82) is 0 Å². The Bertz CT molecular complexity index is 734. The average molecular weight is 342 g/mol. The summed E-state index contributed by atoms with van der Waals surface area (Å²) in [6.45, 7) is 1.85. The summed E-state index contributed by atoms with van der Waals surface area (Å²) in [5.74, 6) is 0.785. The molecule has 1 fully saturated rings. The number of likely N-dealkylation sites (tertiary alicyclic amines) is 1. The summed E-state index contributed by atoms with van der Waals surface area (Å²) in [5, 5.41) is 4.94. The molecule has 0 radical (unpaired) electrons. The number of piperidine rings is 1. The van der Waals surface area contributed by atoms with E-state index in [1.54, 1.807) is 0 Å². The van der Waals surface area contributed by atoms with Gasteiger partial charge < -0.3 is 10.2 Å². The SMILES string of the molecule is O=C(NCCS)C1CCN(C(=O)c2cccc3ccccc23)CC1. The van der Waals surface area contributed by atoms with Gasteiger partial charge in [0.2, 0.25) is 5.91 Å². The van der Waals surface area contributed by atoms with Crippen LogP contribution in [0.5, 0.6) is 0 Å². The van der Waals surface area contributed by atoms with E-state index in [1.165, 1.54) is 0 Å². The summed E-state index contributed by atoms with van der Waals surface area (Å²) in [5.41, 5.74) is 0.742. The van der Waals surface area contributed by atoms with E-state index in [1.807, 2.05) is 47.4 Å². The number of rotatable bonds is 4. The maximum atomic E-state index is 12.9. The molecule has 0 aromatic heterocycles. The smallest absolute Gasteiger partial charge is 0.254 e. The van der Waals surface area contributed by atoms with Crippen LogP contribution in [-0.4, -0.2) is 42.1 Å². The number of fused-ring (bicyclic) bond motifs is 1. The van der Waals surface area contributed by atoms with Crippen molar-refractivity contribution in [2.24, 2.45) is 5.92 Å². The first-order chi connectivity index (χ1) is 11.7. The van der Waals surface area contributed by atoms with Gasteiger partial charge in [-0.3, -0.25) is 9.59 Å². The molecule has 2 aromatic carbocycles. The molecular weight excluding hydrogens is 320 g/mol. The largest absolute Gasteiger partial charge is 0.355 e. The minimum atomic E-state index is 0.00134. The molecule has 2 aromatic rings. The van der Waals surface area contributed by atoms with E-state index in [4.69, 9.17) is 0 Å². The third-order valence-corrected chi connectivity index (χ3v) is 4.81. The minimum absolute atomic E-state index is 0.00134. The van der Waals surface area contributed by atoms with Gasteiger partial charge in [0, 0.05) is 36.9 Å². The quantitative estimate of drug-likeness (QED) is 0.840. The van der Waals surface area contributed by atoms with Crippen molar-refractivity contribution >= 4 is 35.2 Å².